The summed E-state index contributed by atoms with van der Waals surface area (Å²) in [7, 11) is 0. The van der Waals surface area contributed by atoms with Gasteiger partial charge in [0.05, 0.1) is 11.5 Å². The highest BCUT2D eigenvalue weighted by molar-refractivity contribution is 9.10. The van der Waals surface area contributed by atoms with Crippen LogP contribution >= 0.6 is 27.5 Å². The molecule has 0 spiro atoms. The Balaban J connectivity index is 1.99. The second-order valence-corrected chi connectivity index (χ2v) is 6.52. The Kier molecular flexibility index (Phi) is 3.35. The van der Waals surface area contributed by atoms with E-state index in [2.05, 4.69) is 21.2 Å². The van der Waals surface area contributed by atoms with E-state index in [4.69, 9.17) is 11.6 Å². The summed E-state index contributed by atoms with van der Waals surface area (Å²) in [6.07, 6.45) is 0. The van der Waals surface area contributed by atoms with Crippen LogP contribution in [0, 0.1) is 0 Å². The van der Waals surface area contributed by atoms with E-state index in [9.17, 15) is 4.79 Å². The van der Waals surface area contributed by atoms with E-state index >= 15 is 0 Å². The molecule has 2 nitrogen and oxygen atoms in total. The molecular weight excluding hydrogens is 338 g/mol. The third-order valence-corrected chi connectivity index (χ3v) is 4.75. The predicted octanol–water partition coefficient (Wildman–Crippen LogP) is 4.23. The second-order valence-electron chi connectivity index (χ2n) is 5.17. The monoisotopic (exact) mass is 349 g/mol. The summed E-state index contributed by atoms with van der Waals surface area (Å²) in [4.78, 5) is 12.1. The molecule has 1 saturated heterocycles. The molecule has 20 heavy (non-hydrogen) atoms. The zero-order valence-electron chi connectivity index (χ0n) is 10.9. The summed E-state index contributed by atoms with van der Waals surface area (Å²) in [5.41, 5.74) is 1.55. The van der Waals surface area contributed by atoms with Crippen LogP contribution in [0.3, 0.4) is 0 Å². The zero-order chi connectivity index (χ0) is 14.3. The van der Waals surface area contributed by atoms with Gasteiger partial charge in [0.25, 0.3) is 0 Å². The molecule has 4 heteroatoms. The van der Waals surface area contributed by atoms with Crippen LogP contribution < -0.4 is 5.32 Å². The van der Waals surface area contributed by atoms with Crippen molar-refractivity contribution in [3.63, 3.8) is 0 Å². The molecule has 3 rings (SSSR count). The molecule has 1 heterocycles. The van der Waals surface area contributed by atoms with E-state index in [0.717, 1.165) is 15.6 Å². The number of rotatable bonds is 2. The van der Waals surface area contributed by atoms with Crippen molar-refractivity contribution in [1.29, 1.82) is 0 Å². The lowest BCUT2D eigenvalue weighted by Crippen LogP contribution is -2.62. The van der Waals surface area contributed by atoms with Crippen LogP contribution in [-0.2, 0) is 10.2 Å². The largest absolute Gasteiger partial charge is 0.347 e. The first-order valence-electron chi connectivity index (χ1n) is 6.34. The lowest BCUT2D eigenvalue weighted by Gasteiger charge is -2.47. The van der Waals surface area contributed by atoms with Gasteiger partial charge in [-0.3, -0.25) is 4.79 Å². The Morgan fingerprint density at radius 3 is 2.25 bits per heavy atom. The summed E-state index contributed by atoms with van der Waals surface area (Å²) in [6.45, 7) is 1.98. The zero-order valence-corrected chi connectivity index (χ0v) is 13.2. The minimum absolute atomic E-state index is 0.0200. The molecule has 0 saturated carbocycles. The third-order valence-electron chi connectivity index (χ3n) is 3.97. The van der Waals surface area contributed by atoms with Crippen LogP contribution in [0.1, 0.15) is 24.1 Å². The van der Waals surface area contributed by atoms with Gasteiger partial charge in [0.15, 0.2) is 0 Å². The maximum absolute atomic E-state index is 12.1. The first kappa shape index (κ1) is 13.7. The van der Waals surface area contributed by atoms with Crippen LogP contribution in [0.15, 0.2) is 53.0 Å². The highest BCUT2D eigenvalue weighted by Gasteiger charge is 2.52. The van der Waals surface area contributed by atoms with Gasteiger partial charge >= 0.3 is 0 Å². The third kappa shape index (κ3) is 2.05. The molecule has 2 atom stereocenters. The predicted molar refractivity (Wildman–Crippen MR) is 83.8 cm³/mol. The number of amides is 1. The van der Waals surface area contributed by atoms with Crippen molar-refractivity contribution in [2.24, 2.45) is 0 Å². The first-order chi connectivity index (χ1) is 9.51. The van der Waals surface area contributed by atoms with Gasteiger partial charge in [-0.05, 0) is 42.3 Å². The maximum atomic E-state index is 12.1. The lowest BCUT2D eigenvalue weighted by atomic mass is 9.67. The molecule has 1 aliphatic heterocycles. The number of β-lactam (4-membered cyclic amide) rings is 1. The van der Waals surface area contributed by atoms with Gasteiger partial charge in [0, 0.05) is 9.50 Å². The van der Waals surface area contributed by atoms with Gasteiger partial charge in [-0.15, -0.1) is 0 Å². The van der Waals surface area contributed by atoms with Crippen LogP contribution in [0.2, 0.25) is 5.02 Å². The number of hydrogen-bond donors (Lipinski definition) is 1. The number of halogens is 2. The lowest BCUT2D eigenvalue weighted by molar-refractivity contribution is -0.137. The molecule has 0 aromatic heterocycles. The van der Waals surface area contributed by atoms with E-state index in [0.29, 0.717) is 5.02 Å². The van der Waals surface area contributed by atoms with Crippen molar-refractivity contribution < 1.29 is 4.79 Å². The minimum atomic E-state index is -0.533. The van der Waals surface area contributed by atoms with Crippen molar-refractivity contribution in [2.45, 2.75) is 18.4 Å². The van der Waals surface area contributed by atoms with E-state index in [1.54, 1.807) is 0 Å². The molecule has 1 amide bonds. The van der Waals surface area contributed by atoms with Gasteiger partial charge < -0.3 is 5.32 Å². The Morgan fingerprint density at radius 2 is 1.70 bits per heavy atom. The second kappa shape index (κ2) is 4.90. The molecule has 1 fully saturated rings. The number of hydrogen-bond acceptors (Lipinski definition) is 1. The number of nitrogens with one attached hydrogen (secondary N) is 1. The molecule has 2 aromatic carbocycles. The summed E-state index contributed by atoms with van der Waals surface area (Å²) < 4.78 is 1.01. The molecule has 102 valence electrons. The SMILES string of the molecule is C[C@@]1(c2ccc(Br)cc2)C(=O)N[C@H]1c1ccc(Cl)cc1. The number of carbonyl (C=O) groups excluding carboxylic acids is 1. The standard InChI is InChI=1S/C16H13BrClNO/c1-16(11-4-6-12(17)7-5-11)14(19-15(16)20)10-2-8-13(18)9-3-10/h2-9,14H,1H3,(H,19,20)/t14-,16-/m0/s1. The summed E-state index contributed by atoms with van der Waals surface area (Å²) in [5.74, 6) is 0.0553. The molecule has 1 N–H and O–H groups in total. The molecule has 0 aliphatic carbocycles. The quantitative estimate of drug-likeness (QED) is 0.807. The van der Waals surface area contributed by atoms with Crippen LogP contribution in [0.5, 0.6) is 0 Å². The fourth-order valence-electron chi connectivity index (χ4n) is 2.64. The Labute approximate surface area is 131 Å². The van der Waals surface area contributed by atoms with Gasteiger partial charge in [-0.25, -0.2) is 0 Å². The molecular formula is C16H13BrClNO. The van der Waals surface area contributed by atoms with Crippen molar-refractivity contribution in [3.8, 4) is 0 Å². The number of carbonyl (C=O) groups is 1. The summed E-state index contributed by atoms with van der Waals surface area (Å²) >= 11 is 9.34. The van der Waals surface area contributed by atoms with E-state index in [1.165, 1.54) is 0 Å². The first-order valence-corrected chi connectivity index (χ1v) is 7.51. The normalized spacial score (nSPS) is 24.9. The van der Waals surface area contributed by atoms with Crippen LogP contribution in [0.4, 0.5) is 0 Å². The molecule has 0 unspecified atom stereocenters. The smallest absolute Gasteiger partial charge is 0.233 e. The summed E-state index contributed by atoms with van der Waals surface area (Å²) in [6, 6.07) is 15.5. The van der Waals surface area contributed by atoms with Gasteiger partial charge in [-0.2, -0.15) is 0 Å². The molecule has 0 radical (unpaired) electrons. The van der Waals surface area contributed by atoms with Crippen molar-refractivity contribution >= 4 is 33.4 Å². The Morgan fingerprint density at radius 1 is 1.10 bits per heavy atom. The minimum Gasteiger partial charge on any atom is -0.347 e. The average Bonchev–Trinajstić information content (AvgIpc) is 2.46. The Hall–Kier alpha value is -1.32. The van der Waals surface area contributed by atoms with E-state index in [-0.39, 0.29) is 11.9 Å². The van der Waals surface area contributed by atoms with Gasteiger partial charge in [0.2, 0.25) is 5.91 Å². The van der Waals surface area contributed by atoms with Gasteiger partial charge in [0.1, 0.15) is 0 Å². The fraction of sp³-hybridized carbons (Fsp3) is 0.188. The fourth-order valence-corrected chi connectivity index (χ4v) is 3.03. The Bertz CT molecular complexity index is 653. The van der Waals surface area contributed by atoms with Crippen molar-refractivity contribution in [1.82, 2.24) is 5.32 Å². The van der Waals surface area contributed by atoms with Crippen LogP contribution in [0.25, 0.3) is 0 Å². The molecule has 1 aliphatic rings. The highest BCUT2D eigenvalue weighted by atomic mass is 79.9. The van der Waals surface area contributed by atoms with Gasteiger partial charge in [-0.1, -0.05) is 51.8 Å². The molecule has 2 aromatic rings. The van der Waals surface area contributed by atoms with Crippen LogP contribution in [-0.4, -0.2) is 5.91 Å². The van der Waals surface area contributed by atoms with E-state index in [1.807, 2.05) is 55.5 Å². The number of benzene rings is 2. The topological polar surface area (TPSA) is 29.1 Å². The summed E-state index contributed by atoms with van der Waals surface area (Å²) in [5, 5.41) is 3.69. The van der Waals surface area contributed by atoms with Crippen molar-refractivity contribution in [3.05, 3.63) is 69.2 Å². The van der Waals surface area contributed by atoms with E-state index < -0.39 is 5.41 Å². The van der Waals surface area contributed by atoms with Crippen molar-refractivity contribution in [2.75, 3.05) is 0 Å². The molecule has 0 bridgehead atoms. The highest BCUT2D eigenvalue weighted by Crippen LogP contribution is 2.44. The maximum Gasteiger partial charge on any atom is 0.233 e. The average molecular weight is 351 g/mol.